The summed E-state index contributed by atoms with van der Waals surface area (Å²) < 4.78 is 0. The summed E-state index contributed by atoms with van der Waals surface area (Å²) in [5, 5.41) is 10.1. The topological polar surface area (TPSA) is 71.1 Å². The summed E-state index contributed by atoms with van der Waals surface area (Å²) in [5.74, 6) is -0.578. The molecule has 2 amide bonds. The highest BCUT2D eigenvalue weighted by molar-refractivity contribution is 7.15. The highest BCUT2D eigenvalue weighted by atomic mass is 35.5. The minimum atomic E-state index is -0.312. The maximum Gasteiger partial charge on any atom is 0.252 e. The van der Waals surface area contributed by atoms with Crippen LogP contribution < -0.4 is 10.6 Å². The molecule has 2 N–H and O–H groups in total. The Bertz CT molecular complexity index is 922. The van der Waals surface area contributed by atoms with Gasteiger partial charge in [-0.25, -0.2) is 4.98 Å². The molecule has 0 saturated carbocycles. The number of halogens is 1. The monoisotopic (exact) mass is 405 g/mol. The number of aryl methyl sites for hydroxylation is 1. The van der Waals surface area contributed by atoms with Crippen LogP contribution in [0, 0.1) is 6.92 Å². The summed E-state index contributed by atoms with van der Waals surface area (Å²) in [6.07, 6.45) is 2.43. The van der Waals surface area contributed by atoms with Gasteiger partial charge in [0.2, 0.25) is 5.91 Å². The van der Waals surface area contributed by atoms with Gasteiger partial charge in [0.1, 0.15) is 0 Å². The summed E-state index contributed by atoms with van der Waals surface area (Å²) in [6.45, 7) is 1.86. The number of rotatable bonds is 6. The lowest BCUT2D eigenvalue weighted by Crippen LogP contribution is -2.32. The number of carbonyl (C=O) groups is 2. The Morgan fingerprint density at radius 3 is 2.85 bits per heavy atom. The maximum absolute atomic E-state index is 12.0. The highest BCUT2D eigenvalue weighted by Crippen LogP contribution is 2.23. The van der Waals surface area contributed by atoms with E-state index in [2.05, 4.69) is 15.6 Å². The van der Waals surface area contributed by atoms with Crippen molar-refractivity contribution in [3.8, 4) is 0 Å². The first-order valence-corrected chi connectivity index (χ1v) is 9.95. The number of carbonyl (C=O) groups excluding carboxylic acids is 2. The second kappa shape index (κ2) is 8.44. The molecule has 0 bridgehead atoms. The zero-order chi connectivity index (χ0) is 18.5. The summed E-state index contributed by atoms with van der Waals surface area (Å²) in [7, 11) is 0. The van der Waals surface area contributed by atoms with Gasteiger partial charge in [-0.2, -0.15) is 11.3 Å². The average molecular weight is 406 g/mol. The number of aromatic nitrogens is 1. The predicted octanol–water partition coefficient (Wildman–Crippen LogP) is 4.13. The number of hydrogen-bond donors (Lipinski definition) is 2. The molecular weight excluding hydrogens is 390 g/mol. The van der Waals surface area contributed by atoms with Gasteiger partial charge in [-0.3, -0.25) is 9.59 Å². The summed E-state index contributed by atoms with van der Waals surface area (Å²) in [6, 6.07) is 7.66. The van der Waals surface area contributed by atoms with Crippen LogP contribution in [0.1, 0.15) is 26.4 Å². The van der Waals surface area contributed by atoms with Gasteiger partial charge < -0.3 is 10.6 Å². The first-order chi connectivity index (χ1) is 12.5. The van der Waals surface area contributed by atoms with Gasteiger partial charge in [0, 0.05) is 33.5 Å². The summed E-state index contributed by atoms with van der Waals surface area (Å²) >= 11 is 8.98. The van der Waals surface area contributed by atoms with E-state index < -0.39 is 0 Å². The lowest BCUT2D eigenvalue weighted by molar-refractivity contribution is -0.115. The smallest absolute Gasteiger partial charge is 0.252 e. The van der Waals surface area contributed by atoms with E-state index in [4.69, 9.17) is 11.6 Å². The first kappa shape index (κ1) is 18.6. The van der Waals surface area contributed by atoms with Crippen molar-refractivity contribution in [1.82, 2.24) is 10.3 Å². The van der Waals surface area contributed by atoms with Crippen LogP contribution in [-0.2, 0) is 11.2 Å². The van der Waals surface area contributed by atoms with Gasteiger partial charge >= 0.3 is 0 Å². The normalized spacial score (nSPS) is 10.5. The SMILES string of the molecule is Cc1ccc(Cc2cnc(NC(=O)CNC(=O)c3ccsc3)s2)cc1Cl. The van der Waals surface area contributed by atoms with Gasteiger partial charge in [0.15, 0.2) is 5.13 Å². The molecule has 0 aliphatic rings. The second-order valence-corrected chi connectivity index (χ2v) is 7.94. The van der Waals surface area contributed by atoms with E-state index in [1.165, 1.54) is 22.7 Å². The number of hydrogen-bond acceptors (Lipinski definition) is 5. The lowest BCUT2D eigenvalue weighted by Gasteiger charge is -2.04. The van der Waals surface area contributed by atoms with Crippen LogP contribution in [0.3, 0.4) is 0 Å². The molecule has 5 nitrogen and oxygen atoms in total. The average Bonchev–Trinajstić information content (AvgIpc) is 3.28. The molecule has 2 aromatic heterocycles. The fraction of sp³-hybridized carbons (Fsp3) is 0.167. The van der Waals surface area contributed by atoms with Crippen molar-refractivity contribution in [2.75, 3.05) is 11.9 Å². The number of benzene rings is 1. The van der Waals surface area contributed by atoms with Crippen molar-refractivity contribution in [3.63, 3.8) is 0 Å². The van der Waals surface area contributed by atoms with E-state index in [-0.39, 0.29) is 18.4 Å². The molecule has 0 unspecified atom stereocenters. The Labute approximate surface area is 164 Å². The second-order valence-electron chi connectivity index (χ2n) is 5.63. The Kier molecular flexibility index (Phi) is 6.03. The van der Waals surface area contributed by atoms with Gasteiger partial charge in [-0.05, 0) is 35.6 Å². The molecule has 1 aromatic carbocycles. The molecule has 0 aliphatic heterocycles. The van der Waals surface area contributed by atoms with Crippen LogP contribution in [-0.4, -0.2) is 23.3 Å². The van der Waals surface area contributed by atoms with E-state index in [1.54, 1.807) is 17.6 Å². The lowest BCUT2D eigenvalue weighted by atomic mass is 10.1. The van der Waals surface area contributed by atoms with Gasteiger partial charge in [-0.15, -0.1) is 11.3 Å². The third kappa shape index (κ3) is 4.91. The van der Waals surface area contributed by atoms with E-state index in [0.29, 0.717) is 17.1 Å². The number of thiazole rings is 1. The first-order valence-electron chi connectivity index (χ1n) is 7.81. The van der Waals surface area contributed by atoms with Crippen LogP contribution in [0.5, 0.6) is 0 Å². The highest BCUT2D eigenvalue weighted by Gasteiger charge is 2.11. The maximum atomic E-state index is 12.0. The Balaban J connectivity index is 1.52. The number of nitrogens with zero attached hydrogens (tertiary/aromatic N) is 1. The molecule has 2 heterocycles. The molecule has 0 spiro atoms. The molecule has 0 radical (unpaired) electrons. The number of nitrogens with one attached hydrogen (secondary N) is 2. The van der Waals surface area contributed by atoms with Crippen LogP contribution in [0.25, 0.3) is 0 Å². The summed E-state index contributed by atoms with van der Waals surface area (Å²) in [5.41, 5.74) is 2.68. The number of thiophene rings is 1. The van der Waals surface area contributed by atoms with Gasteiger partial charge in [-0.1, -0.05) is 23.7 Å². The molecule has 0 fully saturated rings. The minimum absolute atomic E-state index is 0.100. The van der Waals surface area contributed by atoms with Crippen LogP contribution in [0.4, 0.5) is 5.13 Å². The fourth-order valence-corrected chi connectivity index (χ4v) is 3.92. The van der Waals surface area contributed by atoms with E-state index in [1.807, 2.05) is 30.5 Å². The molecular formula is C18H16ClN3O2S2. The number of anilines is 1. The quantitative estimate of drug-likeness (QED) is 0.647. The van der Waals surface area contributed by atoms with E-state index in [0.717, 1.165) is 21.0 Å². The molecule has 8 heteroatoms. The molecule has 26 heavy (non-hydrogen) atoms. The zero-order valence-electron chi connectivity index (χ0n) is 13.9. The van der Waals surface area contributed by atoms with Crippen LogP contribution in [0.15, 0.2) is 41.2 Å². The Morgan fingerprint density at radius 1 is 1.27 bits per heavy atom. The predicted molar refractivity (Wildman–Crippen MR) is 106 cm³/mol. The van der Waals surface area contributed by atoms with Crippen molar-refractivity contribution in [3.05, 3.63) is 67.8 Å². The number of amides is 2. The Hall–Kier alpha value is -2.22. The third-order valence-corrected chi connectivity index (χ3v) is 5.61. The third-order valence-electron chi connectivity index (χ3n) is 3.61. The van der Waals surface area contributed by atoms with Crippen molar-refractivity contribution < 1.29 is 9.59 Å². The molecule has 0 aliphatic carbocycles. The van der Waals surface area contributed by atoms with E-state index >= 15 is 0 Å². The molecule has 3 aromatic rings. The summed E-state index contributed by atoms with van der Waals surface area (Å²) in [4.78, 5) is 29.0. The van der Waals surface area contributed by atoms with Crippen molar-refractivity contribution in [1.29, 1.82) is 0 Å². The van der Waals surface area contributed by atoms with Gasteiger partial charge in [0.05, 0.1) is 6.54 Å². The molecule has 3 rings (SSSR count). The van der Waals surface area contributed by atoms with Crippen LogP contribution in [0.2, 0.25) is 5.02 Å². The largest absolute Gasteiger partial charge is 0.343 e. The van der Waals surface area contributed by atoms with Crippen LogP contribution >= 0.6 is 34.3 Å². The van der Waals surface area contributed by atoms with Crippen molar-refractivity contribution in [2.45, 2.75) is 13.3 Å². The zero-order valence-corrected chi connectivity index (χ0v) is 16.3. The van der Waals surface area contributed by atoms with E-state index in [9.17, 15) is 9.59 Å². The molecule has 0 saturated heterocycles. The van der Waals surface area contributed by atoms with Gasteiger partial charge in [0.25, 0.3) is 5.91 Å². The minimum Gasteiger partial charge on any atom is -0.343 e. The molecule has 0 atom stereocenters. The Morgan fingerprint density at radius 2 is 2.12 bits per heavy atom. The fourth-order valence-electron chi connectivity index (χ4n) is 2.21. The van der Waals surface area contributed by atoms with Crippen molar-refractivity contribution in [2.24, 2.45) is 0 Å². The standard InChI is InChI=1S/C18H16ClN3O2S2/c1-11-2-3-12(7-15(11)19)6-14-8-21-18(26-14)22-16(23)9-20-17(24)13-4-5-25-10-13/h2-5,7-8,10H,6,9H2,1H3,(H,20,24)(H,21,22,23). The molecule has 134 valence electrons. The van der Waals surface area contributed by atoms with Crippen molar-refractivity contribution >= 4 is 51.2 Å².